The average molecular weight is 400 g/mol. The maximum Gasteiger partial charge on any atom is 0.246 e. The molecule has 2 aliphatic rings. The van der Waals surface area contributed by atoms with E-state index in [0.29, 0.717) is 37.1 Å². The summed E-state index contributed by atoms with van der Waals surface area (Å²) >= 11 is 0. The third-order valence-electron chi connectivity index (χ3n) is 5.20. The maximum absolute atomic E-state index is 13.6. The molecule has 2 fully saturated rings. The number of hydrogen-bond donors (Lipinski definition) is 1. The first-order valence-electron chi connectivity index (χ1n) is 9.60. The number of pyridine rings is 1. The molecule has 1 saturated heterocycles. The monoisotopic (exact) mass is 400 g/mol. The van der Waals surface area contributed by atoms with E-state index in [1.165, 1.54) is 17.1 Å². The molecular weight excluding hydrogens is 381 g/mol. The molecule has 0 unspecified atom stereocenters. The van der Waals surface area contributed by atoms with Gasteiger partial charge in [-0.1, -0.05) is 0 Å². The van der Waals surface area contributed by atoms with E-state index in [1.807, 2.05) is 17.0 Å². The van der Waals surface area contributed by atoms with Crippen LogP contribution in [-0.2, 0) is 0 Å². The van der Waals surface area contributed by atoms with Gasteiger partial charge in [0.2, 0.25) is 5.95 Å². The largest absolute Gasteiger partial charge is 0.354 e. The molecule has 1 aromatic carbocycles. The number of aromatic nitrogens is 4. The number of nitrogens with one attached hydrogen (secondary N) is 1. The van der Waals surface area contributed by atoms with Gasteiger partial charge in [0.25, 0.3) is 0 Å². The third-order valence-corrected chi connectivity index (χ3v) is 5.20. The second-order valence-corrected chi connectivity index (χ2v) is 7.48. The van der Waals surface area contributed by atoms with Crippen LogP contribution in [0.3, 0.4) is 0 Å². The summed E-state index contributed by atoms with van der Waals surface area (Å²) in [4.78, 5) is 10.9. The number of rotatable bonds is 5. The average Bonchev–Trinajstić information content (AvgIpc) is 3.31. The predicted octanol–water partition coefficient (Wildman–Crippen LogP) is 4.11. The number of alkyl halides is 1. The lowest BCUT2D eigenvalue weighted by Gasteiger charge is -2.18. The van der Waals surface area contributed by atoms with E-state index in [0.717, 1.165) is 42.2 Å². The predicted molar refractivity (Wildman–Crippen MR) is 102 cm³/mol. The summed E-state index contributed by atoms with van der Waals surface area (Å²) in [6, 6.07) is 7.35. The van der Waals surface area contributed by atoms with Gasteiger partial charge in [-0.3, -0.25) is 0 Å². The first kappa shape index (κ1) is 18.0. The SMILES string of the molecule is Fc1ccc(-n2cnc(Nc3cc(C4CC4)nc(N4CC[C@@H](F)C4)c3)n2)cc1F. The number of anilines is 3. The second-order valence-electron chi connectivity index (χ2n) is 7.48. The van der Waals surface area contributed by atoms with Gasteiger partial charge in [0.15, 0.2) is 11.6 Å². The summed E-state index contributed by atoms with van der Waals surface area (Å²) in [5, 5.41) is 7.43. The van der Waals surface area contributed by atoms with Crippen molar-refractivity contribution in [3.8, 4) is 5.69 Å². The number of halogens is 3. The quantitative estimate of drug-likeness (QED) is 0.699. The third kappa shape index (κ3) is 3.76. The van der Waals surface area contributed by atoms with Crippen molar-refractivity contribution in [2.24, 2.45) is 0 Å². The first-order chi connectivity index (χ1) is 14.0. The fourth-order valence-corrected chi connectivity index (χ4v) is 3.49. The van der Waals surface area contributed by atoms with Crippen LogP contribution < -0.4 is 10.2 Å². The molecule has 1 saturated carbocycles. The highest BCUT2D eigenvalue weighted by molar-refractivity contribution is 5.61. The van der Waals surface area contributed by atoms with Crippen molar-refractivity contribution in [2.45, 2.75) is 31.4 Å². The van der Waals surface area contributed by atoms with Crippen LogP contribution >= 0.6 is 0 Å². The first-order valence-corrected chi connectivity index (χ1v) is 9.60. The molecule has 29 heavy (non-hydrogen) atoms. The Balaban J connectivity index is 1.40. The Hall–Kier alpha value is -3.10. The molecule has 0 amide bonds. The van der Waals surface area contributed by atoms with Crippen molar-refractivity contribution in [3.63, 3.8) is 0 Å². The molecule has 1 N–H and O–H groups in total. The van der Waals surface area contributed by atoms with E-state index < -0.39 is 17.8 Å². The number of benzene rings is 1. The molecule has 1 aliphatic heterocycles. The fraction of sp³-hybridized carbons (Fsp3) is 0.350. The Morgan fingerprint density at radius 1 is 1.03 bits per heavy atom. The zero-order chi connectivity index (χ0) is 20.0. The van der Waals surface area contributed by atoms with Crippen LogP contribution in [0.1, 0.15) is 30.9 Å². The molecule has 2 aromatic heterocycles. The molecule has 6 nitrogen and oxygen atoms in total. The van der Waals surface area contributed by atoms with Gasteiger partial charge in [0, 0.05) is 36.0 Å². The van der Waals surface area contributed by atoms with Gasteiger partial charge in [-0.25, -0.2) is 22.8 Å². The molecule has 150 valence electrons. The minimum absolute atomic E-state index is 0.318. The van der Waals surface area contributed by atoms with Crippen molar-refractivity contribution in [3.05, 3.63) is 54.0 Å². The normalized spacial score (nSPS) is 19.0. The Morgan fingerprint density at radius 3 is 2.62 bits per heavy atom. The van der Waals surface area contributed by atoms with E-state index in [-0.39, 0.29) is 0 Å². The maximum atomic E-state index is 13.6. The van der Waals surface area contributed by atoms with Gasteiger partial charge in [-0.2, -0.15) is 4.98 Å². The number of nitrogens with zero attached hydrogens (tertiary/aromatic N) is 5. The van der Waals surface area contributed by atoms with E-state index in [2.05, 4.69) is 15.4 Å². The van der Waals surface area contributed by atoms with Gasteiger partial charge in [0.05, 0.1) is 12.2 Å². The Morgan fingerprint density at radius 2 is 1.90 bits per heavy atom. The minimum Gasteiger partial charge on any atom is -0.354 e. The van der Waals surface area contributed by atoms with Gasteiger partial charge in [0.1, 0.15) is 18.3 Å². The Bertz CT molecular complexity index is 1050. The summed E-state index contributed by atoms with van der Waals surface area (Å²) < 4.78 is 41.6. The van der Waals surface area contributed by atoms with Gasteiger partial charge in [-0.15, -0.1) is 5.10 Å². The molecule has 9 heteroatoms. The molecule has 1 atom stereocenters. The van der Waals surface area contributed by atoms with Crippen molar-refractivity contribution >= 4 is 17.5 Å². The zero-order valence-corrected chi connectivity index (χ0v) is 15.5. The minimum atomic E-state index is -0.947. The summed E-state index contributed by atoms with van der Waals surface area (Å²) in [5.41, 5.74) is 2.11. The van der Waals surface area contributed by atoms with Crippen molar-refractivity contribution in [1.29, 1.82) is 0 Å². The summed E-state index contributed by atoms with van der Waals surface area (Å²) in [5.74, 6) is -0.360. The van der Waals surface area contributed by atoms with Crippen LogP contribution in [-0.4, -0.2) is 39.0 Å². The smallest absolute Gasteiger partial charge is 0.246 e. The van der Waals surface area contributed by atoms with Crippen LogP contribution in [0.25, 0.3) is 5.69 Å². The van der Waals surface area contributed by atoms with Crippen molar-refractivity contribution < 1.29 is 13.2 Å². The highest BCUT2D eigenvalue weighted by atomic mass is 19.2. The Labute approximate surface area is 165 Å². The van der Waals surface area contributed by atoms with E-state index in [4.69, 9.17) is 4.98 Å². The van der Waals surface area contributed by atoms with E-state index in [1.54, 1.807) is 0 Å². The molecule has 3 heterocycles. The van der Waals surface area contributed by atoms with Gasteiger partial charge in [-0.05, 0) is 37.5 Å². The van der Waals surface area contributed by atoms with Crippen molar-refractivity contribution in [2.75, 3.05) is 23.3 Å². The molecule has 0 bridgehead atoms. The lowest BCUT2D eigenvalue weighted by molar-refractivity contribution is 0.364. The lowest BCUT2D eigenvalue weighted by atomic mass is 10.2. The summed E-state index contributed by atoms with van der Waals surface area (Å²) in [6.07, 6.45) is 3.31. The van der Waals surface area contributed by atoms with Gasteiger partial charge >= 0.3 is 0 Å². The number of hydrogen-bond acceptors (Lipinski definition) is 5. The molecule has 0 spiro atoms. The Kier molecular flexibility index (Phi) is 4.37. The van der Waals surface area contributed by atoms with Crippen LogP contribution in [0.5, 0.6) is 0 Å². The summed E-state index contributed by atoms with van der Waals surface area (Å²) in [6.45, 7) is 0.994. The molecule has 1 aliphatic carbocycles. The zero-order valence-electron chi connectivity index (χ0n) is 15.5. The van der Waals surface area contributed by atoms with Crippen molar-refractivity contribution in [1.82, 2.24) is 19.7 Å². The highest BCUT2D eigenvalue weighted by Crippen LogP contribution is 2.41. The molecule has 5 rings (SSSR count). The fourth-order valence-electron chi connectivity index (χ4n) is 3.49. The van der Waals surface area contributed by atoms with Crippen LogP contribution in [0.2, 0.25) is 0 Å². The van der Waals surface area contributed by atoms with E-state index in [9.17, 15) is 13.2 Å². The molecular formula is C20H19F3N6. The highest BCUT2D eigenvalue weighted by Gasteiger charge is 2.28. The van der Waals surface area contributed by atoms with Crippen LogP contribution in [0, 0.1) is 11.6 Å². The van der Waals surface area contributed by atoms with Crippen LogP contribution in [0.4, 0.5) is 30.6 Å². The van der Waals surface area contributed by atoms with Crippen LogP contribution in [0.15, 0.2) is 36.7 Å². The van der Waals surface area contributed by atoms with E-state index >= 15 is 0 Å². The van der Waals surface area contributed by atoms with Gasteiger partial charge < -0.3 is 10.2 Å². The second kappa shape index (κ2) is 7.06. The molecule has 0 radical (unpaired) electrons. The lowest BCUT2D eigenvalue weighted by Crippen LogP contribution is -2.21. The standard InChI is InChI=1S/C20H19F3N6/c21-13-5-6-28(10-13)19-8-14(7-18(26-19)12-1-2-12)25-20-24-11-29(27-20)15-3-4-16(22)17(23)9-15/h3-4,7-9,11-13H,1-2,5-6,10H2,(H,25,26,27)/t13-/m1/s1. The summed E-state index contributed by atoms with van der Waals surface area (Å²) in [7, 11) is 0. The molecule has 3 aromatic rings. The topological polar surface area (TPSA) is 58.9 Å².